The molecule has 1 aromatic heterocycles. The van der Waals surface area contributed by atoms with Crippen LogP contribution in [-0.2, 0) is 13.1 Å². The van der Waals surface area contributed by atoms with E-state index in [0.717, 1.165) is 24.6 Å². The van der Waals surface area contributed by atoms with E-state index in [9.17, 15) is 0 Å². The molecule has 0 fully saturated rings. The van der Waals surface area contributed by atoms with Gasteiger partial charge >= 0.3 is 0 Å². The second-order valence-corrected chi connectivity index (χ2v) is 12.1. The summed E-state index contributed by atoms with van der Waals surface area (Å²) in [6.07, 6.45) is 14.8. The number of anilines is 1. The van der Waals surface area contributed by atoms with Crippen LogP contribution < -0.4 is 35.9 Å². The second kappa shape index (κ2) is 15.1. The van der Waals surface area contributed by atoms with Gasteiger partial charge in [0, 0.05) is 29.1 Å². The summed E-state index contributed by atoms with van der Waals surface area (Å²) in [7, 11) is 3.42. The third-order valence-electron chi connectivity index (χ3n) is 7.14. The standard InChI is InChI=1S/C37H33N2O2S2.BrH/c1-40-30-16-12-14-28(24-30)26-38-32-18-8-10-20-34(32)42-36(38)22-6-4-3-5-7-23-37-39(33-19-9-11-21-35(33)43-37)27-29-15-13-17-31(25-29)41-2;/h3-25H,26-27H2,1-2H3;1H/q+1;/p-1. The monoisotopic (exact) mass is 680 g/mol. The highest BCUT2D eigenvalue weighted by Crippen LogP contribution is 2.46. The van der Waals surface area contributed by atoms with Gasteiger partial charge in [0.2, 0.25) is 5.52 Å². The van der Waals surface area contributed by atoms with Crippen molar-refractivity contribution >= 4 is 45.1 Å². The molecule has 0 saturated heterocycles. The Morgan fingerprint density at radius 2 is 1.41 bits per heavy atom. The third kappa shape index (κ3) is 7.36. The number of hydrogen-bond donors (Lipinski definition) is 0. The molecular formula is C37H33BrN2O2S2. The van der Waals surface area contributed by atoms with Crippen LogP contribution in [0.1, 0.15) is 16.1 Å². The smallest absolute Gasteiger partial charge is 0.263 e. The highest BCUT2D eigenvalue weighted by atomic mass is 79.9. The first-order valence-corrected chi connectivity index (χ1v) is 15.8. The van der Waals surface area contributed by atoms with Gasteiger partial charge in [0.1, 0.15) is 16.2 Å². The zero-order chi connectivity index (χ0) is 29.4. The van der Waals surface area contributed by atoms with Crippen molar-refractivity contribution in [1.29, 1.82) is 0 Å². The molecule has 0 saturated carbocycles. The van der Waals surface area contributed by atoms with Crippen LogP contribution in [0.4, 0.5) is 5.69 Å². The molecule has 0 radical (unpaired) electrons. The van der Waals surface area contributed by atoms with Crippen molar-refractivity contribution < 1.29 is 31.0 Å². The fourth-order valence-corrected chi connectivity index (χ4v) is 7.20. The van der Waals surface area contributed by atoms with Crippen molar-refractivity contribution in [2.45, 2.75) is 18.0 Å². The maximum absolute atomic E-state index is 5.44. The molecule has 2 heterocycles. The van der Waals surface area contributed by atoms with Gasteiger partial charge in [-0.3, -0.25) is 0 Å². The zero-order valence-corrected chi connectivity index (χ0v) is 27.8. The lowest BCUT2D eigenvalue weighted by Crippen LogP contribution is -3.00. The average molecular weight is 682 g/mol. The number of thiazole rings is 1. The van der Waals surface area contributed by atoms with Crippen LogP contribution in [0.5, 0.6) is 11.5 Å². The quantitative estimate of drug-likeness (QED) is 0.133. The van der Waals surface area contributed by atoms with Crippen molar-refractivity contribution in [3.63, 3.8) is 0 Å². The van der Waals surface area contributed by atoms with Crippen LogP contribution in [-0.4, -0.2) is 14.2 Å². The molecule has 0 amide bonds. The molecule has 1 aliphatic heterocycles. The van der Waals surface area contributed by atoms with E-state index in [0.29, 0.717) is 0 Å². The minimum absolute atomic E-state index is 0. The number of ether oxygens (including phenoxy) is 2. The van der Waals surface area contributed by atoms with E-state index in [2.05, 4.69) is 125 Å². The zero-order valence-electron chi connectivity index (χ0n) is 24.6. The number of thioether (sulfide) groups is 1. The minimum atomic E-state index is 0. The summed E-state index contributed by atoms with van der Waals surface area (Å²) in [5.41, 5.74) is 4.89. The number of methoxy groups -OCH3 is 2. The summed E-state index contributed by atoms with van der Waals surface area (Å²) >= 11 is 3.61. The van der Waals surface area contributed by atoms with E-state index in [1.807, 2.05) is 24.3 Å². The first kappa shape index (κ1) is 31.4. The lowest BCUT2D eigenvalue weighted by atomic mass is 10.2. The molecule has 4 aromatic carbocycles. The van der Waals surface area contributed by atoms with Crippen LogP contribution in [0.3, 0.4) is 0 Å². The van der Waals surface area contributed by atoms with Crippen LogP contribution in [0, 0.1) is 0 Å². The SMILES string of the molecule is COc1cccc(CN2\C(=C/C=C/C=C/C=C/c3sc4ccccc4[n+]3Cc3cccc(OC)c3)Sc3ccccc32)c1.[Br-]. The first-order chi connectivity index (χ1) is 21.2. The van der Waals surface area contributed by atoms with Crippen molar-refractivity contribution in [2.75, 3.05) is 19.1 Å². The molecule has 7 heteroatoms. The summed E-state index contributed by atoms with van der Waals surface area (Å²) in [6, 6.07) is 33.7. The Labute approximate surface area is 278 Å². The first-order valence-electron chi connectivity index (χ1n) is 14.2. The largest absolute Gasteiger partial charge is 1.00 e. The number of aromatic nitrogens is 1. The van der Waals surface area contributed by atoms with Crippen molar-refractivity contribution in [1.82, 2.24) is 0 Å². The second-order valence-electron chi connectivity index (χ2n) is 9.99. The Morgan fingerprint density at radius 1 is 0.727 bits per heavy atom. The lowest BCUT2D eigenvalue weighted by Gasteiger charge is -2.20. The molecule has 4 nitrogen and oxygen atoms in total. The molecule has 0 aliphatic carbocycles. The molecule has 6 rings (SSSR count). The van der Waals surface area contributed by atoms with Gasteiger partial charge in [-0.05, 0) is 54.1 Å². The Hall–Kier alpha value is -4.04. The molecule has 1 aliphatic rings. The predicted octanol–water partition coefficient (Wildman–Crippen LogP) is 6.04. The third-order valence-corrected chi connectivity index (χ3v) is 9.41. The highest BCUT2D eigenvalue weighted by Gasteiger charge is 2.24. The molecule has 0 spiro atoms. The summed E-state index contributed by atoms with van der Waals surface area (Å²) in [4.78, 5) is 3.64. The molecule has 44 heavy (non-hydrogen) atoms. The van der Waals surface area contributed by atoms with E-state index >= 15 is 0 Å². The molecule has 0 N–H and O–H groups in total. The van der Waals surface area contributed by atoms with Crippen molar-refractivity contribution in [3.05, 3.63) is 155 Å². The number of benzene rings is 4. The fourth-order valence-electron chi connectivity index (χ4n) is 5.05. The Kier molecular flexibility index (Phi) is 10.8. The Bertz CT molecular complexity index is 1860. The van der Waals surface area contributed by atoms with Gasteiger partial charge in [-0.15, -0.1) is 0 Å². The van der Waals surface area contributed by atoms with Gasteiger partial charge in [0.25, 0.3) is 5.01 Å². The van der Waals surface area contributed by atoms with E-state index < -0.39 is 0 Å². The number of hydrogen-bond acceptors (Lipinski definition) is 5. The number of halogens is 1. The Balaban J connectivity index is 0.00000384. The lowest BCUT2D eigenvalue weighted by molar-refractivity contribution is -0.659. The fraction of sp³-hybridized carbons (Fsp3) is 0.108. The summed E-state index contributed by atoms with van der Waals surface area (Å²) in [6.45, 7) is 1.56. The number of para-hydroxylation sites is 2. The number of rotatable bonds is 10. The highest BCUT2D eigenvalue weighted by molar-refractivity contribution is 8.03. The van der Waals surface area contributed by atoms with Gasteiger partial charge in [-0.2, -0.15) is 4.57 Å². The van der Waals surface area contributed by atoms with Gasteiger partial charge in [-0.1, -0.05) is 102 Å². The molecule has 5 aromatic rings. The van der Waals surface area contributed by atoms with E-state index in [1.165, 1.54) is 42.0 Å². The van der Waals surface area contributed by atoms with Crippen LogP contribution >= 0.6 is 23.1 Å². The summed E-state index contributed by atoms with van der Waals surface area (Å²) < 4.78 is 14.5. The molecular weight excluding hydrogens is 648 g/mol. The number of allylic oxidation sites excluding steroid dienone is 6. The Morgan fingerprint density at radius 3 is 2.23 bits per heavy atom. The van der Waals surface area contributed by atoms with Crippen LogP contribution in [0.25, 0.3) is 16.3 Å². The van der Waals surface area contributed by atoms with Gasteiger partial charge in [-0.25, -0.2) is 0 Å². The van der Waals surface area contributed by atoms with E-state index in [1.54, 1.807) is 37.3 Å². The normalized spacial score (nSPS) is 13.8. The molecule has 0 bridgehead atoms. The van der Waals surface area contributed by atoms with Gasteiger partial charge in [0.05, 0.1) is 24.9 Å². The number of fused-ring (bicyclic) bond motifs is 2. The minimum Gasteiger partial charge on any atom is -1.00 e. The maximum Gasteiger partial charge on any atom is 0.263 e. The van der Waals surface area contributed by atoms with Gasteiger partial charge in [0.15, 0.2) is 6.54 Å². The van der Waals surface area contributed by atoms with E-state index in [-0.39, 0.29) is 17.0 Å². The number of nitrogens with zero attached hydrogens (tertiary/aromatic N) is 2. The van der Waals surface area contributed by atoms with Crippen LogP contribution in [0.2, 0.25) is 0 Å². The van der Waals surface area contributed by atoms with E-state index in [4.69, 9.17) is 9.47 Å². The molecule has 0 unspecified atom stereocenters. The van der Waals surface area contributed by atoms with Crippen LogP contribution in [0.15, 0.2) is 143 Å². The van der Waals surface area contributed by atoms with Crippen molar-refractivity contribution in [2.24, 2.45) is 0 Å². The topological polar surface area (TPSA) is 25.6 Å². The maximum atomic E-state index is 5.44. The molecule has 0 atom stereocenters. The summed E-state index contributed by atoms with van der Waals surface area (Å²) in [5.74, 6) is 1.76. The van der Waals surface area contributed by atoms with Gasteiger partial charge < -0.3 is 31.4 Å². The van der Waals surface area contributed by atoms with Crippen molar-refractivity contribution in [3.8, 4) is 11.5 Å². The summed E-state index contributed by atoms with van der Waals surface area (Å²) in [5, 5.41) is 2.40. The predicted molar refractivity (Wildman–Crippen MR) is 181 cm³/mol. The molecule has 222 valence electrons. The average Bonchev–Trinajstić information content (AvgIpc) is 3.58.